The molecule has 0 spiro atoms. The van der Waals surface area contributed by atoms with Crippen LogP contribution in [0, 0.1) is 0 Å². The van der Waals surface area contributed by atoms with Gasteiger partial charge in [-0.25, -0.2) is 4.79 Å². The molecule has 19 heteroatoms. The van der Waals surface area contributed by atoms with Gasteiger partial charge in [0.05, 0.1) is 32.5 Å². The highest BCUT2D eigenvalue weighted by Crippen LogP contribution is 2.36. The second kappa shape index (κ2) is 17.2. The lowest BCUT2D eigenvalue weighted by molar-refractivity contribution is -0.375. The molecule has 0 amide bonds. The van der Waals surface area contributed by atoms with Crippen LogP contribution in [0.4, 0.5) is 0 Å². The standard InChI is InChI=1S/C34H44O19/c1-15-24(42)25(43)26(44)31(49-15)52-28-27(51-23(41)7-4-16-2-5-18(37)20(39)10-16)22(12-35)50-32(47-9-8-17-3-6-19(38)21(40)11-17)29(28)53-33-30(45)34(46,13-36)14-48-33/h2-7,10-11,15,22,24-33,35-40,42-46H,8-9,12-14H2,1H3/b7-4+/t15-,22+,24-,25+,26+,27+,28-,29+,30-,31+,32+,33-,34+/m0/s1. The van der Waals surface area contributed by atoms with Crippen molar-refractivity contribution in [2.75, 3.05) is 26.4 Å². The molecule has 3 fully saturated rings. The first-order valence-corrected chi connectivity index (χ1v) is 16.6. The Hall–Kier alpha value is -3.67. The predicted molar refractivity (Wildman–Crippen MR) is 174 cm³/mol. The van der Waals surface area contributed by atoms with E-state index in [1.54, 1.807) is 0 Å². The summed E-state index contributed by atoms with van der Waals surface area (Å²) in [5.74, 6) is -2.64. The first-order valence-electron chi connectivity index (χ1n) is 16.6. The monoisotopic (exact) mass is 756 g/mol. The van der Waals surface area contributed by atoms with Crippen LogP contribution < -0.4 is 0 Å². The molecule has 2 aromatic rings. The zero-order valence-corrected chi connectivity index (χ0v) is 28.3. The number of aromatic hydroxyl groups is 4. The van der Waals surface area contributed by atoms with Gasteiger partial charge in [-0.15, -0.1) is 0 Å². The molecule has 294 valence electrons. The molecule has 3 aliphatic rings. The van der Waals surface area contributed by atoms with Gasteiger partial charge in [0, 0.05) is 6.08 Å². The largest absolute Gasteiger partial charge is 0.504 e. The molecule has 3 saturated heterocycles. The van der Waals surface area contributed by atoms with E-state index in [0.29, 0.717) is 5.56 Å². The smallest absolute Gasteiger partial charge is 0.331 e. The van der Waals surface area contributed by atoms with Crippen LogP contribution in [0.25, 0.3) is 6.08 Å². The van der Waals surface area contributed by atoms with Gasteiger partial charge in [0.2, 0.25) is 0 Å². The molecule has 0 unspecified atom stereocenters. The van der Waals surface area contributed by atoms with Crippen molar-refractivity contribution in [3.8, 4) is 23.0 Å². The number of rotatable bonds is 13. The van der Waals surface area contributed by atoms with Crippen molar-refractivity contribution >= 4 is 12.0 Å². The topological polar surface area (TPSA) is 304 Å². The SMILES string of the molecule is C[C@@H]1O[C@H](O[C@@H]2[C@@H](O[C@@H]3OC[C@](O)(CO)[C@H]3O)[C@H](OCCc3ccc(O)c(O)c3)O[C@H](CO)[C@H]2OC(=O)/C=C/c2ccc(O)c(O)c2)[C@H](O)[C@H](O)[C@H]1O. The maximum atomic E-state index is 13.2. The Kier molecular flexibility index (Phi) is 13.2. The van der Waals surface area contributed by atoms with E-state index in [0.717, 1.165) is 6.08 Å². The van der Waals surface area contributed by atoms with E-state index >= 15 is 0 Å². The number of aliphatic hydroxyl groups is 7. The van der Waals surface area contributed by atoms with Crippen LogP contribution in [-0.2, 0) is 44.4 Å². The molecule has 5 rings (SSSR count). The maximum Gasteiger partial charge on any atom is 0.331 e. The third-order valence-corrected chi connectivity index (χ3v) is 9.12. The fourth-order valence-corrected chi connectivity index (χ4v) is 5.94. The van der Waals surface area contributed by atoms with Gasteiger partial charge in [-0.3, -0.25) is 0 Å². The summed E-state index contributed by atoms with van der Waals surface area (Å²) in [6, 6.07) is 7.81. The van der Waals surface area contributed by atoms with E-state index in [1.807, 2.05) is 0 Å². The fraction of sp³-hybridized carbons (Fsp3) is 0.559. The van der Waals surface area contributed by atoms with E-state index in [9.17, 15) is 61.0 Å². The zero-order valence-electron chi connectivity index (χ0n) is 28.3. The third-order valence-electron chi connectivity index (χ3n) is 9.12. The van der Waals surface area contributed by atoms with Gasteiger partial charge in [-0.05, 0) is 54.8 Å². The minimum atomic E-state index is -2.15. The van der Waals surface area contributed by atoms with Crippen molar-refractivity contribution in [3.63, 3.8) is 0 Å². The summed E-state index contributed by atoms with van der Waals surface area (Å²) in [5, 5.41) is 112. The van der Waals surface area contributed by atoms with Crippen LogP contribution in [0.5, 0.6) is 23.0 Å². The van der Waals surface area contributed by atoms with Gasteiger partial charge in [0.15, 0.2) is 48.0 Å². The number of benzene rings is 2. The van der Waals surface area contributed by atoms with Crippen LogP contribution in [0.1, 0.15) is 18.1 Å². The highest BCUT2D eigenvalue weighted by atomic mass is 16.8. The van der Waals surface area contributed by atoms with Crippen molar-refractivity contribution < 1.29 is 94.1 Å². The molecule has 3 heterocycles. The zero-order chi connectivity index (χ0) is 38.6. The third kappa shape index (κ3) is 9.18. The molecular formula is C34H44O19. The van der Waals surface area contributed by atoms with Crippen LogP contribution >= 0.6 is 0 Å². The van der Waals surface area contributed by atoms with Gasteiger partial charge in [-0.1, -0.05) is 12.1 Å². The molecule has 53 heavy (non-hydrogen) atoms. The highest BCUT2D eigenvalue weighted by Gasteiger charge is 2.56. The lowest BCUT2D eigenvalue weighted by Gasteiger charge is -2.48. The van der Waals surface area contributed by atoms with Gasteiger partial charge in [-0.2, -0.15) is 0 Å². The van der Waals surface area contributed by atoms with Gasteiger partial charge >= 0.3 is 5.97 Å². The van der Waals surface area contributed by atoms with Crippen molar-refractivity contribution in [2.24, 2.45) is 0 Å². The van der Waals surface area contributed by atoms with Crippen LogP contribution in [0.3, 0.4) is 0 Å². The number of phenols is 4. The Balaban J connectivity index is 1.48. The van der Waals surface area contributed by atoms with E-state index in [2.05, 4.69) is 0 Å². The summed E-state index contributed by atoms with van der Waals surface area (Å²) in [5.41, 5.74) is -1.35. The Morgan fingerprint density at radius 2 is 1.51 bits per heavy atom. The number of phenolic OH excluding ortho intramolecular Hbond substituents is 4. The summed E-state index contributed by atoms with van der Waals surface area (Å²) < 4.78 is 40.9. The Morgan fingerprint density at radius 3 is 2.15 bits per heavy atom. The maximum absolute atomic E-state index is 13.2. The summed E-state index contributed by atoms with van der Waals surface area (Å²) in [6.45, 7) is -1.12. The number of esters is 1. The van der Waals surface area contributed by atoms with Gasteiger partial charge in [0.1, 0.15) is 48.3 Å². The summed E-state index contributed by atoms with van der Waals surface area (Å²) in [7, 11) is 0. The van der Waals surface area contributed by atoms with Gasteiger partial charge in [0.25, 0.3) is 0 Å². The van der Waals surface area contributed by atoms with E-state index in [-0.39, 0.29) is 30.1 Å². The first kappa shape index (κ1) is 40.5. The predicted octanol–water partition coefficient (Wildman–Crippen LogP) is -2.55. The number of hydrogen-bond acceptors (Lipinski definition) is 19. The number of carbonyl (C=O) groups excluding carboxylic acids is 1. The molecule has 11 N–H and O–H groups in total. The fourth-order valence-electron chi connectivity index (χ4n) is 5.94. The number of carbonyl (C=O) groups is 1. The average molecular weight is 757 g/mol. The molecule has 19 nitrogen and oxygen atoms in total. The van der Waals surface area contributed by atoms with Crippen LogP contribution in [0.15, 0.2) is 42.5 Å². The Bertz CT molecular complexity index is 1570. The second-order valence-electron chi connectivity index (χ2n) is 12.9. The molecule has 3 aliphatic heterocycles. The number of hydrogen-bond donors (Lipinski definition) is 11. The normalized spacial score (nSPS) is 36.2. The lowest BCUT2D eigenvalue weighted by atomic mass is 9.96. The number of aliphatic hydroxyl groups excluding tert-OH is 6. The molecule has 0 aliphatic carbocycles. The molecule has 0 radical (unpaired) electrons. The van der Waals surface area contributed by atoms with Crippen molar-refractivity contribution in [3.05, 3.63) is 53.6 Å². The summed E-state index contributed by atoms with van der Waals surface area (Å²) in [6.07, 6.45) is -17.2. The average Bonchev–Trinajstić information content (AvgIpc) is 3.42. The van der Waals surface area contributed by atoms with Crippen LogP contribution in [-0.4, -0.2) is 168 Å². The molecule has 0 saturated carbocycles. The van der Waals surface area contributed by atoms with E-state index in [4.69, 9.17) is 33.2 Å². The quantitative estimate of drug-likeness (QED) is 0.0569. The summed E-state index contributed by atoms with van der Waals surface area (Å²) >= 11 is 0. The first-order chi connectivity index (χ1) is 25.1. The van der Waals surface area contributed by atoms with Crippen molar-refractivity contribution in [1.29, 1.82) is 0 Å². The van der Waals surface area contributed by atoms with Gasteiger partial charge < -0.3 is 89.3 Å². The molecule has 13 atom stereocenters. The second-order valence-corrected chi connectivity index (χ2v) is 12.9. The molecular weight excluding hydrogens is 712 g/mol. The summed E-state index contributed by atoms with van der Waals surface area (Å²) in [4.78, 5) is 13.2. The highest BCUT2D eigenvalue weighted by molar-refractivity contribution is 5.87. The number of ether oxygens (including phenoxy) is 7. The Labute approximate surface area is 302 Å². The molecule has 0 aromatic heterocycles. The minimum Gasteiger partial charge on any atom is -0.504 e. The molecule has 0 bridgehead atoms. The van der Waals surface area contributed by atoms with Crippen LogP contribution in [0.2, 0.25) is 0 Å². The van der Waals surface area contributed by atoms with E-state index in [1.165, 1.54) is 49.4 Å². The Morgan fingerprint density at radius 1 is 0.830 bits per heavy atom. The van der Waals surface area contributed by atoms with Crippen molar-refractivity contribution in [1.82, 2.24) is 0 Å². The van der Waals surface area contributed by atoms with Crippen molar-refractivity contribution in [2.45, 2.75) is 92.8 Å². The minimum absolute atomic E-state index is 0.116. The lowest BCUT2D eigenvalue weighted by Crippen LogP contribution is -2.66. The molecule has 2 aromatic carbocycles. The van der Waals surface area contributed by atoms with E-state index < -0.39 is 117 Å².